The van der Waals surface area contributed by atoms with Gasteiger partial charge < -0.3 is 20.6 Å². The van der Waals surface area contributed by atoms with Crippen molar-refractivity contribution in [3.05, 3.63) is 17.7 Å². The largest absolute Gasteiger partial charge is 0.504 e. The van der Waals surface area contributed by atoms with E-state index in [0.29, 0.717) is 6.54 Å². The minimum atomic E-state index is -0.607. The molecule has 0 bridgehead atoms. The topological polar surface area (TPSA) is 89.8 Å². The summed E-state index contributed by atoms with van der Waals surface area (Å²) >= 11 is 2.14. The predicted octanol–water partition coefficient (Wildman–Crippen LogP) is 7.92. The quantitative estimate of drug-likeness (QED) is 0.0969. The third-order valence-corrected chi connectivity index (χ3v) is 7.38. The van der Waals surface area contributed by atoms with Gasteiger partial charge in [-0.15, -0.1) is 0 Å². The van der Waals surface area contributed by atoms with Gasteiger partial charge in [0.05, 0.1) is 0 Å². The number of hydrogen-bond acceptors (Lipinski definition) is 5. The lowest BCUT2D eigenvalue weighted by Gasteiger charge is -2.07. The second-order valence-electron chi connectivity index (χ2n) is 9.39. The number of aromatic hydroxyl groups is 3. The molecule has 0 aliphatic rings. The second kappa shape index (κ2) is 20.8. The van der Waals surface area contributed by atoms with Crippen LogP contribution in [-0.2, 0) is 0 Å². The molecule has 34 heavy (non-hydrogen) atoms. The maximum atomic E-state index is 12.0. The number of benzene rings is 1. The molecular formula is C28H49NO4S. The molecule has 0 saturated carbocycles. The summed E-state index contributed by atoms with van der Waals surface area (Å²) in [4.78, 5) is 12.0. The van der Waals surface area contributed by atoms with Crippen molar-refractivity contribution < 1.29 is 20.1 Å². The molecule has 1 aromatic rings. The van der Waals surface area contributed by atoms with E-state index in [1.54, 1.807) is 0 Å². The zero-order chi connectivity index (χ0) is 24.9. The Bertz CT molecular complexity index is 630. The molecule has 0 fully saturated rings. The molecule has 0 aliphatic carbocycles. The molecular weight excluding hydrogens is 446 g/mol. The van der Waals surface area contributed by atoms with Crippen LogP contribution in [0.2, 0.25) is 0 Å². The fourth-order valence-electron chi connectivity index (χ4n) is 4.05. The van der Waals surface area contributed by atoms with Gasteiger partial charge >= 0.3 is 0 Å². The monoisotopic (exact) mass is 495 g/mol. The fraction of sp³-hybridized carbons (Fsp3) is 0.750. The van der Waals surface area contributed by atoms with E-state index in [9.17, 15) is 20.1 Å². The van der Waals surface area contributed by atoms with Crippen molar-refractivity contribution in [2.75, 3.05) is 18.1 Å². The number of phenols is 3. The summed E-state index contributed by atoms with van der Waals surface area (Å²) in [6.07, 6.45) is 22.4. The number of unbranched alkanes of at least 4 members (excludes halogenated alkanes) is 15. The van der Waals surface area contributed by atoms with Crippen molar-refractivity contribution in [1.82, 2.24) is 5.32 Å². The van der Waals surface area contributed by atoms with Crippen molar-refractivity contribution >= 4 is 17.7 Å². The van der Waals surface area contributed by atoms with Crippen LogP contribution in [0.1, 0.15) is 126 Å². The fourth-order valence-corrected chi connectivity index (χ4v) is 5.07. The molecule has 6 heteroatoms. The Morgan fingerprint density at radius 1 is 0.676 bits per heavy atom. The molecule has 1 amide bonds. The standard InChI is InChI=1S/C28H49NO4S/c1-2-3-4-5-6-11-14-17-20-34-21-18-15-12-9-7-8-10-13-16-19-29-28(33)24-22-25(30)27(32)26(31)23-24/h22-23,30-32H,2-21H2,1H3,(H,29,33). The maximum absolute atomic E-state index is 12.0. The molecule has 0 aliphatic heterocycles. The number of amides is 1. The summed E-state index contributed by atoms with van der Waals surface area (Å²) in [6, 6.07) is 2.31. The zero-order valence-corrected chi connectivity index (χ0v) is 22.3. The molecule has 0 spiro atoms. The van der Waals surface area contributed by atoms with Gasteiger partial charge in [0.1, 0.15) is 0 Å². The van der Waals surface area contributed by atoms with Crippen LogP contribution in [0, 0.1) is 0 Å². The van der Waals surface area contributed by atoms with Gasteiger partial charge in [-0.1, -0.05) is 96.8 Å². The molecule has 0 radical (unpaired) electrons. The van der Waals surface area contributed by atoms with Crippen molar-refractivity contribution in [2.24, 2.45) is 0 Å². The highest BCUT2D eigenvalue weighted by Crippen LogP contribution is 2.35. The van der Waals surface area contributed by atoms with Gasteiger partial charge in [-0.3, -0.25) is 4.79 Å². The highest BCUT2D eigenvalue weighted by atomic mass is 32.2. The van der Waals surface area contributed by atoms with Crippen LogP contribution in [0.25, 0.3) is 0 Å². The summed E-state index contributed by atoms with van der Waals surface area (Å²) in [7, 11) is 0. The molecule has 4 N–H and O–H groups in total. The van der Waals surface area contributed by atoms with Gasteiger partial charge in [-0.2, -0.15) is 11.8 Å². The number of nitrogens with one attached hydrogen (secondary N) is 1. The van der Waals surface area contributed by atoms with Crippen molar-refractivity contribution in [3.8, 4) is 17.2 Å². The lowest BCUT2D eigenvalue weighted by atomic mass is 10.1. The molecule has 0 saturated heterocycles. The van der Waals surface area contributed by atoms with Gasteiger partial charge in [0.25, 0.3) is 5.91 Å². The number of thioether (sulfide) groups is 1. The maximum Gasteiger partial charge on any atom is 0.251 e. The molecule has 5 nitrogen and oxygen atoms in total. The van der Waals surface area contributed by atoms with E-state index in [1.807, 2.05) is 0 Å². The van der Waals surface area contributed by atoms with E-state index in [0.717, 1.165) is 25.0 Å². The first-order valence-electron chi connectivity index (χ1n) is 13.7. The van der Waals surface area contributed by atoms with E-state index in [4.69, 9.17) is 0 Å². The third-order valence-electron chi connectivity index (χ3n) is 6.23. The predicted molar refractivity (Wildman–Crippen MR) is 145 cm³/mol. The Balaban J connectivity index is 1.81. The number of phenolic OH excluding ortho intramolecular Hbond substituents is 3. The Kier molecular flexibility index (Phi) is 18.6. The van der Waals surface area contributed by atoms with E-state index >= 15 is 0 Å². The lowest BCUT2D eigenvalue weighted by molar-refractivity contribution is 0.0952. The smallest absolute Gasteiger partial charge is 0.251 e. The van der Waals surface area contributed by atoms with Crippen molar-refractivity contribution in [3.63, 3.8) is 0 Å². The van der Waals surface area contributed by atoms with Crippen LogP contribution >= 0.6 is 11.8 Å². The summed E-state index contributed by atoms with van der Waals surface area (Å²) in [5, 5.41) is 31.1. The number of carbonyl (C=O) groups is 1. The average Bonchev–Trinajstić information content (AvgIpc) is 2.83. The Morgan fingerprint density at radius 2 is 1.09 bits per heavy atom. The first-order chi connectivity index (χ1) is 16.6. The first-order valence-corrected chi connectivity index (χ1v) is 14.8. The molecule has 0 unspecified atom stereocenters. The van der Waals surface area contributed by atoms with Crippen LogP contribution < -0.4 is 5.32 Å². The molecule has 0 aromatic heterocycles. The van der Waals surface area contributed by atoms with Gasteiger partial charge in [-0.05, 0) is 42.9 Å². The second-order valence-corrected chi connectivity index (χ2v) is 10.6. The van der Waals surface area contributed by atoms with E-state index < -0.39 is 17.2 Å². The van der Waals surface area contributed by atoms with Gasteiger partial charge in [-0.25, -0.2) is 0 Å². The minimum absolute atomic E-state index is 0.138. The highest BCUT2D eigenvalue weighted by molar-refractivity contribution is 7.99. The third kappa shape index (κ3) is 15.4. The summed E-state index contributed by atoms with van der Waals surface area (Å²) in [6.45, 7) is 2.84. The summed E-state index contributed by atoms with van der Waals surface area (Å²) in [5.74, 6) is 0.706. The minimum Gasteiger partial charge on any atom is -0.504 e. The van der Waals surface area contributed by atoms with Crippen LogP contribution in [0.3, 0.4) is 0 Å². The van der Waals surface area contributed by atoms with Gasteiger partial charge in [0.2, 0.25) is 0 Å². The van der Waals surface area contributed by atoms with Crippen LogP contribution in [-0.4, -0.2) is 39.3 Å². The first kappa shape index (κ1) is 30.5. The Morgan fingerprint density at radius 3 is 1.56 bits per heavy atom. The number of carbonyl (C=O) groups excluding carboxylic acids is 1. The van der Waals surface area contributed by atoms with Gasteiger partial charge in [0, 0.05) is 12.1 Å². The number of rotatable bonds is 22. The zero-order valence-electron chi connectivity index (χ0n) is 21.5. The van der Waals surface area contributed by atoms with Crippen molar-refractivity contribution in [2.45, 2.75) is 116 Å². The van der Waals surface area contributed by atoms with Crippen LogP contribution in [0.15, 0.2) is 12.1 Å². The van der Waals surface area contributed by atoms with Gasteiger partial charge in [0.15, 0.2) is 17.2 Å². The Labute approximate surface area is 212 Å². The van der Waals surface area contributed by atoms with Crippen molar-refractivity contribution in [1.29, 1.82) is 0 Å². The van der Waals surface area contributed by atoms with E-state index in [1.165, 1.54) is 108 Å². The van der Waals surface area contributed by atoms with E-state index in [2.05, 4.69) is 24.0 Å². The van der Waals surface area contributed by atoms with Crippen LogP contribution in [0.4, 0.5) is 0 Å². The SMILES string of the molecule is CCCCCCCCCCSCCCCCCCCCCCNC(=O)c1cc(O)c(O)c(O)c1. The molecule has 196 valence electrons. The normalized spacial score (nSPS) is 11.1. The average molecular weight is 496 g/mol. The number of hydrogen-bond donors (Lipinski definition) is 4. The lowest BCUT2D eigenvalue weighted by Crippen LogP contribution is -2.24. The molecule has 0 atom stereocenters. The summed E-state index contributed by atoms with van der Waals surface area (Å²) in [5.41, 5.74) is 0.138. The summed E-state index contributed by atoms with van der Waals surface area (Å²) < 4.78 is 0. The molecule has 1 rings (SSSR count). The van der Waals surface area contributed by atoms with E-state index in [-0.39, 0.29) is 11.5 Å². The molecule has 0 heterocycles. The molecule has 1 aromatic carbocycles. The Hall–Kier alpha value is -1.56. The highest BCUT2D eigenvalue weighted by Gasteiger charge is 2.12. The van der Waals surface area contributed by atoms with Crippen LogP contribution in [0.5, 0.6) is 17.2 Å².